The van der Waals surface area contributed by atoms with E-state index in [1.807, 2.05) is 0 Å². The maximum atomic E-state index is 13.7. The number of hydrogen-bond acceptors (Lipinski definition) is 5. The Bertz CT molecular complexity index is 773. The highest BCUT2D eigenvalue weighted by molar-refractivity contribution is 7.92. The molecule has 152 valence electrons. The van der Waals surface area contributed by atoms with Gasteiger partial charge in [-0.3, -0.25) is 0 Å². The molecule has 1 aromatic carbocycles. The van der Waals surface area contributed by atoms with Crippen LogP contribution >= 0.6 is 0 Å². The van der Waals surface area contributed by atoms with Crippen LogP contribution in [0.5, 0.6) is 0 Å². The highest BCUT2D eigenvalue weighted by Crippen LogP contribution is 2.40. The standard InChI is InChI=1S/C18H24F3NO4S/c1-26-14-3-4-15(11-14)27(24,25)17-5-2-12(10-16(17)18(19,20)21)22-8-6-13(23)7-9-22/h2,5,10,13-15,23H,3-4,6-9,11H2,1H3/t14-,15-/m1/s1. The van der Waals surface area contributed by atoms with Crippen LogP contribution in [-0.4, -0.2) is 51.2 Å². The summed E-state index contributed by atoms with van der Waals surface area (Å²) in [5.41, 5.74) is -0.790. The van der Waals surface area contributed by atoms with Crippen molar-refractivity contribution in [1.29, 1.82) is 0 Å². The fourth-order valence-corrected chi connectivity index (χ4v) is 5.90. The lowest BCUT2D eigenvalue weighted by Crippen LogP contribution is -2.36. The van der Waals surface area contributed by atoms with Crippen molar-refractivity contribution >= 4 is 15.5 Å². The molecule has 1 aliphatic carbocycles. The number of aliphatic hydroxyl groups excluding tert-OH is 1. The summed E-state index contributed by atoms with van der Waals surface area (Å²) < 4.78 is 72.0. The van der Waals surface area contributed by atoms with Crippen LogP contribution in [0, 0.1) is 0 Å². The number of anilines is 1. The Labute approximate surface area is 157 Å². The third kappa shape index (κ3) is 4.25. The van der Waals surface area contributed by atoms with Gasteiger partial charge < -0.3 is 14.7 Å². The van der Waals surface area contributed by atoms with Gasteiger partial charge in [0.1, 0.15) is 0 Å². The number of methoxy groups -OCH3 is 1. The number of benzene rings is 1. The highest BCUT2D eigenvalue weighted by Gasteiger charge is 2.42. The van der Waals surface area contributed by atoms with E-state index in [4.69, 9.17) is 4.74 Å². The molecule has 0 aromatic heterocycles. The van der Waals surface area contributed by atoms with Crippen LogP contribution in [0.4, 0.5) is 18.9 Å². The molecule has 2 atom stereocenters. The number of aliphatic hydroxyl groups is 1. The summed E-state index contributed by atoms with van der Waals surface area (Å²) in [4.78, 5) is 1.09. The van der Waals surface area contributed by atoms with E-state index in [1.54, 1.807) is 4.90 Å². The molecule has 1 heterocycles. The molecule has 2 fully saturated rings. The normalized spacial score (nSPS) is 25.1. The molecule has 1 saturated heterocycles. The monoisotopic (exact) mass is 407 g/mol. The molecule has 0 spiro atoms. The molecule has 0 unspecified atom stereocenters. The van der Waals surface area contributed by atoms with Crippen LogP contribution in [-0.2, 0) is 20.8 Å². The van der Waals surface area contributed by atoms with Gasteiger partial charge >= 0.3 is 6.18 Å². The molecule has 0 radical (unpaired) electrons. The smallest absolute Gasteiger partial charge is 0.393 e. The quantitative estimate of drug-likeness (QED) is 0.831. The van der Waals surface area contributed by atoms with Crippen molar-refractivity contribution in [3.05, 3.63) is 23.8 Å². The van der Waals surface area contributed by atoms with E-state index in [1.165, 1.54) is 13.2 Å². The fourth-order valence-electron chi connectivity index (χ4n) is 3.88. The van der Waals surface area contributed by atoms with Gasteiger partial charge in [-0.05, 0) is 50.3 Å². The first-order valence-corrected chi connectivity index (χ1v) is 10.6. The van der Waals surface area contributed by atoms with Gasteiger partial charge in [0.15, 0.2) is 9.84 Å². The summed E-state index contributed by atoms with van der Waals surface area (Å²) >= 11 is 0. The van der Waals surface area contributed by atoms with Crippen LogP contribution in [0.1, 0.15) is 37.7 Å². The van der Waals surface area contributed by atoms with Gasteiger partial charge in [-0.25, -0.2) is 8.42 Å². The minimum absolute atomic E-state index is 0.210. The van der Waals surface area contributed by atoms with E-state index < -0.39 is 37.8 Å². The minimum atomic E-state index is -4.77. The summed E-state index contributed by atoms with van der Waals surface area (Å²) in [7, 11) is -2.63. The van der Waals surface area contributed by atoms with Gasteiger partial charge in [0.25, 0.3) is 0 Å². The summed E-state index contributed by atoms with van der Waals surface area (Å²) in [6, 6.07) is 3.44. The van der Waals surface area contributed by atoms with E-state index in [0.717, 1.165) is 12.1 Å². The molecule has 5 nitrogen and oxygen atoms in total. The summed E-state index contributed by atoms with van der Waals surface area (Å²) in [5.74, 6) is 0. The number of piperidine rings is 1. The molecular formula is C18H24F3NO4S. The number of nitrogens with zero attached hydrogens (tertiary/aromatic N) is 1. The average Bonchev–Trinajstić information content (AvgIpc) is 3.11. The Balaban J connectivity index is 1.95. The lowest BCUT2D eigenvalue weighted by molar-refractivity contribution is -0.139. The number of rotatable bonds is 4. The second-order valence-electron chi connectivity index (χ2n) is 7.23. The van der Waals surface area contributed by atoms with Crippen molar-refractivity contribution in [2.45, 2.75) is 60.6 Å². The first kappa shape index (κ1) is 20.4. The molecule has 0 bridgehead atoms. The lowest BCUT2D eigenvalue weighted by Gasteiger charge is -2.32. The second kappa shape index (κ2) is 7.60. The summed E-state index contributed by atoms with van der Waals surface area (Å²) in [6.45, 7) is 0.866. The molecule has 0 amide bonds. The zero-order valence-corrected chi connectivity index (χ0v) is 15.9. The van der Waals surface area contributed by atoms with Crippen molar-refractivity contribution in [2.24, 2.45) is 0 Å². The molecule has 9 heteroatoms. The Morgan fingerprint density at radius 1 is 1.15 bits per heavy atom. The topological polar surface area (TPSA) is 66.8 Å². The Morgan fingerprint density at radius 2 is 1.81 bits per heavy atom. The fraction of sp³-hybridized carbons (Fsp3) is 0.667. The Hall–Kier alpha value is -1.32. The van der Waals surface area contributed by atoms with Gasteiger partial charge in [-0.15, -0.1) is 0 Å². The number of sulfone groups is 1. The zero-order valence-electron chi connectivity index (χ0n) is 15.1. The van der Waals surface area contributed by atoms with Crippen LogP contribution in [0.2, 0.25) is 0 Å². The van der Waals surface area contributed by atoms with Crippen LogP contribution in [0.15, 0.2) is 23.1 Å². The van der Waals surface area contributed by atoms with Crippen molar-refractivity contribution < 1.29 is 31.4 Å². The predicted molar refractivity (Wildman–Crippen MR) is 94.5 cm³/mol. The van der Waals surface area contributed by atoms with Gasteiger partial charge in [0.05, 0.1) is 27.9 Å². The third-order valence-corrected chi connectivity index (χ3v) is 7.79. The van der Waals surface area contributed by atoms with Gasteiger partial charge in [-0.1, -0.05) is 0 Å². The number of ether oxygens (including phenoxy) is 1. The Kier molecular flexibility index (Phi) is 5.74. The minimum Gasteiger partial charge on any atom is -0.393 e. The molecule has 1 aromatic rings. The van der Waals surface area contributed by atoms with E-state index >= 15 is 0 Å². The lowest BCUT2D eigenvalue weighted by atomic mass is 10.1. The van der Waals surface area contributed by atoms with Crippen molar-refractivity contribution in [3.63, 3.8) is 0 Å². The zero-order chi connectivity index (χ0) is 19.8. The van der Waals surface area contributed by atoms with E-state index in [0.29, 0.717) is 44.5 Å². The molecule has 1 N–H and O–H groups in total. The van der Waals surface area contributed by atoms with E-state index in [2.05, 4.69) is 0 Å². The van der Waals surface area contributed by atoms with E-state index in [9.17, 15) is 26.7 Å². The number of alkyl halides is 3. The molecule has 2 aliphatic rings. The van der Waals surface area contributed by atoms with Crippen molar-refractivity contribution in [2.75, 3.05) is 25.1 Å². The first-order valence-electron chi connectivity index (χ1n) is 9.04. The van der Waals surface area contributed by atoms with Crippen LogP contribution in [0.3, 0.4) is 0 Å². The van der Waals surface area contributed by atoms with Gasteiger partial charge in [-0.2, -0.15) is 13.2 Å². The molecular weight excluding hydrogens is 383 g/mol. The molecule has 3 rings (SSSR count). The summed E-state index contributed by atoms with van der Waals surface area (Å²) in [5, 5.41) is 8.71. The maximum absolute atomic E-state index is 13.7. The third-order valence-electron chi connectivity index (χ3n) is 5.51. The molecule has 1 saturated carbocycles. The Morgan fingerprint density at radius 3 is 2.37 bits per heavy atom. The van der Waals surface area contributed by atoms with Crippen molar-refractivity contribution in [3.8, 4) is 0 Å². The molecule has 27 heavy (non-hydrogen) atoms. The average molecular weight is 407 g/mol. The first-order chi connectivity index (χ1) is 12.6. The maximum Gasteiger partial charge on any atom is 0.417 e. The van der Waals surface area contributed by atoms with Crippen molar-refractivity contribution in [1.82, 2.24) is 0 Å². The number of halogens is 3. The predicted octanol–water partition coefficient (Wildman–Crippen LogP) is 3.01. The van der Waals surface area contributed by atoms with Gasteiger partial charge in [0, 0.05) is 25.9 Å². The largest absolute Gasteiger partial charge is 0.417 e. The van der Waals surface area contributed by atoms with Crippen LogP contribution in [0.25, 0.3) is 0 Å². The summed E-state index contributed by atoms with van der Waals surface area (Å²) in [6.07, 6.45) is -3.48. The van der Waals surface area contributed by atoms with Gasteiger partial charge in [0.2, 0.25) is 0 Å². The SMILES string of the molecule is CO[C@@H]1CC[C@@H](S(=O)(=O)c2ccc(N3CCC(O)CC3)cc2C(F)(F)F)C1. The highest BCUT2D eigenvalue weighted by atomic mass is 32.2. The number of hydrogen-bond donors (Lipinski definition) is 1. The van der Waals surface area contributed by atoms with E-state index in [-0.39, 0.29) is 12.5 Å². The molecule has 1 aliphatic heterocycles. The second-order valence-corrected chi connectivity index (χ2v) is 9.43. The van der Waals surface area contributed by atoms with Crippen LogP contribution < -0.4 is 4.90 Å².